The molecule has 1 aliphatic heterocycles. The van der Waals surface area contributed by atoms with Crippen LogP contribution >= 0.6 is 11.3 Å². The number of anilines is 1. The Morgan fingerprint density at radius 1 is 1.35 bits per heavy atom. The maximum Gasteiger partial charge on any atom is 0.354 e. The number of nitrogens with zero attached hydrogens (tertiary/aromatic N) is 6. The summed E-state index contributed by atoms with van der Waals surface area (Å²) in [5, 5.41) is 17.7. The number of ether oxygens (including phenoxy) is 1. The van der Waals surface area contributed by atoms with Gasteiger partial charge in [-0.05, 0) is 39.8 Å². The molecule has 1 saturated heterocycles. The zero-order valence-electron chi connectivity index (χ0n) is 24.7. The molecule has 0 aliphatic carbocycles. The maximum absolute atomic E-state index is 13.3. The first kappa shape index (κ1) is 34.2. The number of carbonyl (C=O) groups is 3. The molecule has 3 aromatic rings. The fourth-order valence-corrected chi connectivity index (χ4v) is 5.05. The second-order valence-corrected chi connectivity index (χ2v) is 12.5. The number of nitrogens with two attached hydrogens (primary N) is 2. The number of carbonyl (C=O) groups excluding carboxylic acids is 2. The van der Waals surface area contributed by atoms with Gasteiger partial charge in [0.15, 0.2) is 10.8 Å². The molecule has 19 nitrogen and oxygen atoms in total. The van der Waals surface area contributed by atoms with E-state index in [2.05, 4.69) is 24.7 Å². The highest BCUT2D eigenvalue weighted by Crippen LogP contribution is 2.33. The number of aliphatic carboxylic acids is 1. The van der Waals surface area contributed by atoms with Gasteiger partial charge in [0.25, 0.3) is 17.4 Å². The van der Waals surface area contributed by atoms with Crippen LogP contribution in [0.3, 0.4) is 0 Å². The third-order valence-corrected chi connectivity index (χ3v) is 7.71. The quantitative estimate of drug-likeness (QED) is 0.0362. The summed E-state index contributed by atoms with van der Waals surface area (Å²) >= 11 is 0.945. The van der Waals surface area contributed by atoms with Gasteiger partial charge >= 0.3 is 5.97 Å². The van der Waals surface area contributed by atoms with Crippen molar-refractivity contribution < 1.29 is 50.9 Å². The lowest BCUT2D eigenvalue weighted by atomic mass is 9.84. The topological polar surface area (TPSA) is 271 Å². The molecular formula is C25H31N9O10S2. The summed E-state index contributed by atoms with van der Waals surface area (Å²) in [5.74, 6) is -2.79. The molecular weight excluding hydrogens is 650 g/mol. The zero-order chi connectivity index (χ0) is 33.9. The van der Waals surface area contributed by atoms with Crippen LogP contribution in [0.5, 0.6) is 5.75 Å². The van der Waals surface area contributed by atoms with Crippen LogP contribution in [-0.4, -0.2) is 91.5 Å². The number of nitrogens with one attached hydrogen (secondary N) is 1. The highest BCUT2D eigenvalue weighted by molar-refractivity contribution is 7.80. The standard InChI is InChI=1S/C25H31N9O10S2/c1-24(2)19(21(36)34(24)44-46(39,40)41)30-20(35)18(16-12-45-23(27)29-16)31-43-25(3,22(37)38)13-42-15-5-6-17(28-11-15)33-10-9-32(14-33)8-4-7-26/h5-6,9-12,14,19H,4,7-8,13,26H2,1-3H3,(H4-,27,29,30,35,37,38,39,40,41)/b31-18-. The highest BCUT2D eigenvalue weighted by Gasteiger charge is 2.57. The van der Waals surface area contributed by atoms with Crippen LogP contribution in [0, 0.1) is 0 Å². The van der Waals surface area contributed by atoms with E-state index < -0.39 is 57.7 Å². The Balaban J connectivity index is 1.48. The molecule has 1 fully saturated rings. The van der Waals surface area contributed by atoms with E-state index >= 15 is 0 Å². The third-order valence-electron chi connectivity index (χ3n) is 6.70. The molecule has 4 rings (SSSR count). The van der Waals surface area contributed by atoms with E-state index in [1.54, 1.807) is 16.7 Å². The molecule has 3 aromatic heterocycles. The number of hydrogen-bond acceptors (Lipinski definition) is 15. The van der Waals surface area contributed by atoms with Crippen molar-refractivity contribution in [2.24, 2.45) is 10.9 Å². The van der Waals surface area contributed by atoms with Gasteiger partial charge in [0, 0.05) is 11.4 Å². The van der Waals surface area contributed by atoms with Crippen molar-refractivity contribution in [3.05, 3.63) is 48.1 Å². The number of hydroxylamine groups is 2. The predicted octanol–water partition coefficient (Wildman–Crippen LogP) is -1.31. The van der Waals surface area contributed by atoms with E-state index in [9.17, 15) is 32.5 Å². The highest BCUT2D eigenvalue weighted by atomic mass is 32.3. The molecule has 46 heavy (non-hydrogen) atoms. The van der Waals surface area contributed by atoms with Crippen LogP contribution in [0.1, 0.15) is 32.9 Å². The number of aryl methyl sites for hydroxylation is 1. The van der Waals surface area contributed by atoms with Gasteiger partial charge in [-0.1, -0.05) is 5.16 Å². The van der Waals surface area contributed by atoms with E-state index in [1.807, 2.05) is 23.3 Å². The lowest BCUT2D eigenvalue weighted by molar-refractivity contribution is -0.696. The molecule has 21 heteroatoms. The van der Waals surface area contributed by atoms with Crippen LogP contribution in [-0.2, 0) is 40.4 Å². The summed E-state index contributed by atoms with van der Waals surface area (Å²) in [6, 6.07) is 1.88. The van der Waals surface area contributed by atoms with Gasteiger partial charge in [0.1, 0.15) is 36.5 Å². The van der Waals surface area contributed by atoms with Gasteiger partial charge in [0.2, 0.25) is 22.5 Å². The summed E-state index contributed by atoms with van der Waals surface area (Å²) in [5.41, 5.74) is 6.98. The largest absolute Gasteiger partial charge is 0.724 e. The summed E-state index contributed by atoms with van der Waals surface area (Å²) in [7, 11) is -5.27. The number of carboxylic acids is 1. The van der Waals surface area contributed by atoms with Crippen molar-refractivity contribution in [1.82, 2.24) is 24.9 Å². The second kappa shape index (κ2) is 13.3. The number of aromatic nitrogens is 4. The molecule has 0 radical (unpaired) electrons. The van der Waals surface area contributed by atoms with Gasteiger partial charge in [-0.2, -0.15) is 13.9 Å². The molecule has 0 aromatic carbocycles. The monoisotopic (exact) mass is 681 g/mol. The summed E-state index contributed by atoms with van der Waals surface area (Å²) in [4.78, 5) is 51.6. The van der Waals surface area contributed by atoms with Crippen LogP contribution in [0.2, 0.25) is 0 Å². The normalized spacial score (nSPS) is 17.6. The van der Waals surface area contributed by atoms with Crippen molar-refractivity contribution in [1.29, 1.82) is 0 Å². The Morgan fingerprint density at radius 3 is 2.65 bits per heavy atom. The fraction of sp³-hybridized carbons (Fsp3) is 0.400. The maximum atomic E-state index is 13.3. The zero-order valence-corrected chi connectivity index (χ0v) is 26.4. The number of amides is 2. The smallest absolute Gasteiger partial charge is 0.354 e. The van der Waals surface area contributed by atoms with Crippen LogP contribution in [0.4, 0.5) is 5.13 Å². The molecule has 248 valence electrons. The Hall–Kier alpha value is -4.70. The van der Waals surface area contributed by atoms with E-state index in [-0.39, 0.29) is 16.6 Å². The van der Waals surface area contributed by atoms with E-state index in [1.165, 1.54) is 25.4 Å². The number of carboxylic acid groups (broad SMARTS) is 1. The molecule has 1 aliphatic rings. The third kappa shape index (κ3) is 7.74. The Kier molecular flexibility index (Phi) is 9.91. The van der Waals surface area contributed by atoms with Crippen molar-refractivity contribution in [3.63, 3.8) is 0 Å². The van der Waals surface area contributed by atoms with Gasteiger partial charge < -0.3 is 36.0 Å². The molecule has 2 unspecified atom stereocenters. The molecule has 6 N–H and O–H groups in total. The minimum atomic E-state index is -5.27. The second-order valence-electron chi connectivity index (χ2n) is 10.7. The van der Waals surface area contributed by atoms with Crippen LogP contribution in [0.15, 0.2) is 47.6 Å². The molecule has 2 amide bonds. The lowest BCUT2D eigenvalue weighted by Crippen LogP contribution is -2.76. The summed E-state index contributed by atoms with van der Waals surface area (Å²) < 4.78 is 46.5. The molecule has 0 spiro atoms. The van der Waals surface area contributed by atoms with Gasteiger partial charge in [-0.25, -0.2) is 27.7 Å². The van der Waals surface area contributed by atoms with Crippen LogP contribution in [0.25, 0.3) is 5.82 Å². The molecule has 4 heterocycles. The van der Waals surface area contributed by atoms with Gasteiger partial charge in [-0.3, -0.25) is 9.59 Å². The molecule has 0 saturated carbocycles. The minimum Gasteiger partial charge on any atom is -0.724 e. The Labute approximate surface area is 266 Å². The minimum absolute atomic E-state index is 0.0429. The molecule has 2 atom stereocenters. The SMILES string of the molecule is CC(COc1ccc(-n2cc[n+](CCCN)c2)nc1)(O/N=C(\C(=O)NC1C(=O)N(OS(=O)(=O)[O-])C1(C)C)c1csc(N)n1)C(=O)O. The average Bonchev–Trinajstić information content (AvgIpc) is 3.65. The van der Waals surface area contributed by atoms with Gasteiger partial charge in [0.05, 0.1) is 18.3 Å². The van der Waals surface area contributed by atoms with E-state index in [0.29, 0.717) is 17.4 Å². The first-order chi connectivity index (χ1) is 21.5. The van der Waals surface area contributed by atoms with Crippen molar-refractivity contribution in [2.75, 3.05) is 18.9 Å². The Morgan fingerprint density at radius 2 is 2.09 bits per heavy atom. The first-order valence-electron chi connectivity index (χ1n) is 13.4. The van der Waals surface area contributed by atoms with Crippen molar-refractivity contribution in [2.45, 2.75) is 50.9 Å². The van der Waals surface area contributed by atoms with Crippen molar-refractivity contribution in [3.8, 4) is 11.6 Å². The van der Waals surface area contributed by atoms with Gasteiger partial charge in [-0.15, -0.1) is 11.3 Å². The lowest BCUT2D eigenvalue weighted by Gasteiger charge is -2.51. The summed E-state index contributed by atoms with van der Waals surface area (Å²) in [6.45, 7) is 4.55. The number of rotatable bonds is 15. The fourth-order valence-electron chi connectivity index (χ4n) is 4.06. The van der Waals surface area contributed by atoms with E-state index in [0.717, 1.165) is 31.2 Å². The first-order valence-corrected chi connectivity index (χ1v) is 15.6. The number of hydrogen-bond donors (Lipinski definition) is 4. The summed E-state index contributed by atoms with van der Waals surface area (Å²) in [6.07, 6.45) is 7.75. The number of thiazole rings is 1. The molecule has 0 bridgehead atoms. The number of pyridine rings is 1. The predicted molar refractivity (Wildman–Crippen MR) is 157 cm³/mol. The van der Waals surface area contributed by atoms with E-state index in [4.69, 9.17) is 21.0 Å². The average molecular weight is 682 g/mol. The number of imidazole rings is 1. The number of oxime groups is 1. The number of nitrogen functional groups attached to an aromatic ring is 1. The number of β-lactam (4-membered cyclic amide) rings is 1. The van der Waals surface area contributed by atoms with Crippen molar-refractivity contribution >= 4 is 50.4 Å². The van der Waals surface area contributed by atoms with Crippen LogP contribution < -0.4 is 26.1 Å². The Bertz CT molecular complexity index is 1740.